The van der Waals surface area contributed by atoms with Crippen molar-refractivity contribution in [2.45, 2.75) is 32.9 Å². The van der Waals surface area contributed by atoms with Crippen LogP contribution in [0.5, 0.6) is 5.75 Å². The Bertz CT molecular complexity index is 548. The highest BCUT2D eigenvalue weighted by atomic mass is 16.6. The van der Waals surface area contributed by atoms with Crippen molar-refractivity contribution in [3.05, 3.63) is 18.3 Å². The van der Waals surface area contributed by atoms with E-state index in [-0.39, 0.29) is 19.1 Å². The van der Waals surface area contributed by atoms with E-state index in [1.54, 1.807) is 44.0 Å². The van der Waals surface area contributed by atoms with Crippen molar-refractivity contribution in [3.63, 3.8) is 0 Å². The van der Waals surface area contributed by atoms with Crippen LogP contribution in [-0.2, 0) is 19.1 Å². The molecule has 0 fully saturated rings. The number of esters is 2. The van der Waals surface area contributed by atoms with Crippen LogP contribution in [0.4, 0.5) is 5.82 Å². The third-order valence-electron chi connectivity index (χ3n) is 3.30. The summed E-state index contributed by atoms with van der Waals surface area (Å²) in [6.45, 7) is 5.94. The Hall–Kier alpha value is -2.31. The Kier molecular flexibility index (Phi) is 5.19. The predicted octanol–water partition coefficient (Wildman–Crippen LogP) is 1.16. The Balaban J connectivity index is 2.27. The normalized spacial score (nSPS) is 18.0. The zero-order chi connectivity index (χ0) is 16.1. The lowest BCUT2D eigenvalue weighted by Crippen LogP contribution is -2.51. The minimum Gasteiger partial charge on any atom is -0.473 e. The molecule has 7 heteroatoms. The van der Waals surface area contributed by atoms with Crippen LogP contribution in [-0.4, -0.2) is 48.8 Å². The van der Waals surface area contributed by atoms with E-state index >= 15 is 0 Å². The van der Waals surface area contributed by atoms with Crippen LogP contribution in [0, 0.1) is 0 Å². The molecule has 1 aromatic rings. The molecule has 0 saturated carbocycles. The van der Waals surface area contributed by atoms with E-state index in [0.29, 0.717) is 18.2 Å². The maximum absolute atomic E-state index is 12.0. The smallest absolute Gasteiger partial charge is 0.349 e. The molecular formula is C15H20N2O5. The number of pyridine rings is 1. The highest BCUT2D eigenvalue weighted by molar-refractivity contribution is 5.82. The van der Waals surface area contributed by atoms with Crippen LogP contribution in [0.2, 0.25) is 0 Å². The van der Waals surface area contributed by atoms with Gasteiger partial charge in [0.05, 0.1) is 19.8 Å². The van der Waals surface area contributed by atoms with Gasteiger partial charge in [-0.15, -0.1) is 0 Å². The quantitative estimate of drug-likeness (QED) is 0.755. The summed E-state index contributed by atoms with van der Waals surface area (Å²) in [4.78, 5) is 29.9. The Morgan fingerprint density at radius 1 is 1.41 bits per heavy atom. The van der Waals surface area contributed by atoms with Gasteiger partial charge in [0.2, 0.25) is 6.10 Å². The Morgan fingerprint density at radius 3 is 2.82 bits per heavy atom. The van der Waals surface area contributed by atoms with Crippen molar-refractivity contribution in [1.82, 2.24) is 4.98 Å². The van der Waals surface area contributed by atoms with Crippen LogP contribution >= 0.6 is 0 Å². The molecule has 2 heterocycles. The number of carbonyl (C=O) groups is 2. The van der Waals surface area contributed by atoms with Gasteiger partial charge in [-0.05, 0) is 32.9 Å². The van der Waals surface area contributed by atoms with Gasteiger partial charge in [0.25, 0.3) is 0 Å². The van der Waals surface area contributed by atoms with Gasteiger partial charge in [-0.1, -0.05) is 0 Å². The highest BCUT2D eigenvalue weighted by Gasteiger charge is 2.37. The third kappa shape index (κ3) is 3.29. The lowest BCUT2D eigenvalue weighted by molar-refractivity contribution is -0.152. The molecule has 22 heavy (non-hydrogen) atoms. The summed E-state index contributed by atoms with van der Waals surface area (Å²) < 4.78 is 15.7. The SMILES string of the molecule is CCOC(=O)C1CN(C(C)C(=O)OCC)c2ncccc2O1. The molecule has 0 spiro atoms. The van der Waals surface area contributed by atoms with Crippen LogP contribution in [0.1, 0.15) is 20.8 Å². The molecule has 2 atom stereocenters. The van der Waals surface area contributed by atoms with E-state index in [0.717, 1.165) is 0 Å². The monoisotopic (exact) mass is 308 g/mol. The summed E-state index contributed by atoms with van der Waals surface area (Å²) in [6.07, 6.45) is 0.811. The average molecular weight is 308 g/mol. The number of hydrogen-bond donors (Lipinski definition) is 0. The van der Waals surface area contributed by atoms with E-state index < -0.39 is 18.1 Å². The average Bonchev–Trinajstić information content (AvgIpc) is 2.53. The van der Waals surface area contributed by atoms with Gasteiger partial charge >= 0.3 is 11.9 Å². The second kappa shape index (κ2) is 7.11. The van der Waals surface area contributed by atoms with Crippen LogP contribution in [0.25, 0.3) is 0 Å². The summed E-state index contributed by atoms with van der Waals surface area (Å²) in [5.41, 5.74) is 0. The van der Waals surface area contributed by atoms with Crippen molar-refractivity contribution in [3.8, 4) is 5.75 Å². The summed E-state index contributed by atoms with van der Waals surface area (Å²) in [5.74, 6) is 0.133. The molecule has 7 nitrogen and oxygen atoms in total. The van der Waals surface area contributed by atoms with Crippen molar-refractivity contribution >= 4 is 17.8 Å². The maximum Gasteiger partial charge on any atom is 0.349 e. The number of carbonyl (C=O) groups excluding carboxylic acids is 2. The molecule has 2 unspecified atom stereocenters. The van der Waals surface area contributed by atoms with E-state index in [9.17, 15) is 9.59 Å². The fourth-order valence-electron chi connectivity index (χ4n) is 2.24. The number of anilines is 1. The summed E-state index contributed by atoms with van der Waals surface area (Å²) in [6, 6.07) is 2.84. The van der Waals surface area contributed by atoms with Gasteiger partial charge in [-0.3, -0.25) is 0 Å². The third-order valence-corrected chi connectivity index (χ3v) is 3.30. The molecule has 1 aliphatic heterocycles. The highest BCUT2D eigenvalue weighted by Crippen LogP contribution is 2.32. The van der Waals surface area contributed by atoms with Gasteiger partial charge in [0.1, 0.15) is 6.04 Å². The largest absolute Gasteiger partial charge is 0.473 e. The number of fused-ring (bicyclic) bond motifs is 1. The zero-order valence-corrected chi connectivity index (χ0v) is 12.9. The van der Waals surface area contributed by atoms with Crippen molar-refractivity contribution in [2.24, 2.45) is 0 Å². The molecule has 120 valence electrons. The molecule has 1 aliphatic rings. The second-order valence-corrected chi connectivity index (χ2v) is 4.76. The van der Waals surface area contributed by atoms with E-state index in [1.807, 2.05) is 0 Å². The Morgan fingerprint density at radius 2 is 2.14 bits per heavy atom. The summed E-state index contributed by atoms with van der Waals surface area (Å²) >= 11 is 0. The molecule has 0 N–H and O–H groups in total. The minimum absolute atomic E-state index is 0.183. The minimum atomic E-state index is -0.798. The number of rotatable bonds is 5. The molecule has 0 radical (unpaired) electrons. The first-order chi connectivity index (χ1) is 10.6. The van der Waals surface area contributed by atoms with Crippen molar-refractivity contribution in [2.75, 3.05) is 24.7 Å². The van der Waals surface area contributed by atoms with Crippen molar-refractivity contribution in [1.29, 1.82) is 0 Å². The second-order valence-electron chi connectivity index (χ2n) is 4.76. The molecule has 1 aromatic heterocycles. The first-order valence-electron chi connectivity index (χ1n) is 7.30. The fourth-order valence-corrected chi connectivity index (χ4v) is 2.24. The summed E-state index contributed by atoms with van der Waals surface area (Å²) in [5, 5.41) is 0. The van der Waals surface area contributed by atoms with Crippen LogP contribution in [0.3, 0.4) is 0 Å². The number of aromatic nitrogens is 1. The van der Waals surface area contributed by atoms with Gasteiger partial charge < -0.3 is 19.1 Å². The van der Waals surface area contributed by atoms with E-state index in [4.69, 9.17) is 14.2 Å². The molecule has 0 aliphatic carbocycles. The zero-order valence-electron chi connectivity index (χ0n) is 12.9. The number of nitrogens with zero attached hydrogens (tertiary/aromatic N) is 2. The predicted molar refractivity (Wildman–Crippen MR) is 78.7 cm³/mol. The van der Waals surface area contributed by atoms with Gasteiger partial charge in [0, 0.05) is 6.20 Å². The number of ether oxygens (including phenoxy) is 3. The lowest BCUT2D eigenvalue weighted by Gasteiger charge is -2.36. The van der Waals surface area contributed by atoms with Crippen molar-refractivity contribution < 1.29 is 23.8 Å². The molecule has 0 bridgehead atoms. The van der Waals surface area contributed by atoms with Gasteiger partial charge in [-0.2, -0.15) is 0 Å². The topological polar surface area (TPSA) is 78.0 Å². The molecular weight excluding hydrogens is 288 g/mol. The lowest BCUT2D eigenvalue weighted by atomic mass is 10.2. The van der Waals surface area contributed by atoms with Gasteiger partial charge in [-0.25, -0.2) is 14.6 Å². The molecule has 2 rings (SSSR count). The van der Waals surface area contributed by atoms with Crippen LogP contribution < -0.4 is 9.64 Å². The van der Waals surface area contributed by atoms with E-state index in [1.165, 1.54) is 0 Å². The molecule has 0 saturated heterocycles. The summed E-state index contributed by atoms with van der Waals surface area (Å²) in [7, 11) is 0. The molecule has 0 amide bonds. The van der Waals surface area contributed by atoms with Gasteiger partial charge in [0.15, 0.2) is 11.6 Å². The Labute approximate surface area is 129 Å². The number of hydrogen-bond acceptors (Lipinski definition) is 7. The fraction of sp³-hybridized carbons (Fsp3) is 0.533. The first-order valence-corrected chi connectivity index (χ1v) is 7.30. The standard InChI is InChI=1S/C15H20N2O5/c1-4-20-14(18)10(3)17-9-12(15(19)21-5-2)22-11-7-6-8-16-13(11)17/h6-8,10,12H,4-5,9H2,1-3H3. The first kappa shape index (κ1) is 16.1. The van der Waals surface area contributed by atoms with Crippen LogP contribution in [0.15, 0.2) is 18.3 Å². The van der Waals surface area contributed by atoms with E-state index in [2.05, 4.69) is 4.98 Å². The maximum atomic E-state index is 12.0. The molecule has 0 aromatic carbocycles.